The minimum Gasteiger partial charge on any atom is -0.381 e. The highest BCUT2D eigenvalue weighted by atomic mass is 32.2. The van der Waals surface area contributed by atoms with Crippen LogP contribution in [0.2, 0.25) is 0 Å². The fraction of sp³-hybridized carbons (Fsp3) is 0.529. The summed E-state index contributed by atoms with van der Waals surface area (Å²) < 4.78 is 71.0. The predicted molar refractivity (Wildman–Crippen MR) is 96.0 cm³/mol. The number of ether oxygens (including phenoxy) is 1. The lowest BCUT2D eigenvalue weighted by atomic mass is 10.1. The summed E-state index contributed by atoms with van der Waals surface area (Å²) in [7, 11) is -4.46. The van der Waals surface area contributed by atoms with Crippen molar-refractivity contribution in [2.24, 2.45) is 5.73 Å². The molecule has 1 fully saturated rings. The van der Waals surface area contributed by atoms with Gasteiger partial charge in [-0.25, -0.2) is 8.42 Å². The van der Waals surface area contributed by atoms with Gasteiger partial charge in [0.05, 0.1) is 10.5 Å². The van der Waals surface area contributed by atoms with Crippen LogP contribution < -0.4 is 15.8 Å². The van der Waals surface area contributed by atoms with E-state index in [0.717, 1.165) is 18.2 Å². The molecule has 2 amide bonds. The Kier molecular flexibility index (Phi) is 7.60. The molecule has 0 saturated carbocycles. The Hall–Kier alpha value is -2.18. The minimum absolute atomic E-state index is 0.231. The Balaban J connectivity index is 2.19. The van der Waals surface area contributed by atoms with Crippen molar-refractivity contribution in [1.82, 2.24) is 10.0 Å². The summed E-state index contributed by atoms with van der Waals surface area (Å²) in [5.41, 5.74) is 3.94. The fourth-order valence-corrected chi connectivity index (χ4v) is 4.04. The number of nitrogens with one attached hydrogen (secondary N) is 2. The zero-order chi connectivity index (χ0) is 21.7. The second-order valence-electron chi connectivity index (χ2n) is 6.60. The second-order valence-corrected chi connectivity index (χ2v) is 8.31. The van der Waals surface area contributed by atoms with Crippen LogP contribution in [0.1, 0.15) is 31.2 Å². The number of rotatable bonds is 8. The molecule has 1 aliphatic rings. The van der Waals surface area contributed by atoms with Crippen LogP contribution in [-0.2, 0) is 30.5 Å². The van der Waals surface area contributed by atoms with Gasteiger partial charge in [-0.15, -0.1) is 0 Å². The first-order chi connectivity index (χ1) is 13.5. The summed E-state index contributed by atoms with van der Waals surface area (Å²) in [6.45, 7) is 0.875. The maximum atomic E-state index is 12.9. The molecule has 0 unspecified atom stereocenters. The maximum absolute atomic E-state index is 12.9. The Labute approximate surface area is 166 Å². The molecular weight excluding hydrogens is 415 g/mol. The SMILES string of the molecule is NC(=O)CC[C@@H](NS(=O)(=O)c1cccc(C(F)(F)F)c1)C(=O)NC1CCOCC1. The van der Waals surface area contributed by atoms with Crippen LogP contribution in [0.25, 0.3) is 0 Å². The highest BCUT2D eigenvalue weighted by molar-refractivity contribution is 7.89. The standard InChI is InChI=1S/C17H22F3N3O5S/c18-17(19,20)11-2-1-3-13(10-11)29(26,27)23-14(4-5-15(21)24)16(25)22-12-6-8-28-9-7-12/h1-3,10,12,14,23H,4-9H2,(H2,21,24)(H,22,25)/t14-/m1/s1. The molecule has 1 aromatic carbocycles. The van der Waals surface area contributed by atoms with Crippen molar-refractivity contribution in [3.05, 3.63) is 29.8 Å². The summed E-state index contributed by atoms with van der Waals surface area (Å²) in [6.07, 6.45) is -4.17. The number of hydrogen-bond acceptors (Lipinski definition) is 5. The first kappa shape index (κ1) is 23.1. The number of hydrogen-bond donors (Lipinski definition) is 3. The maximum Gasteiger partial charge on any atom is 0.416 e. The zero-order valence-corrected chi connectivity index (χ0v) is 16.2. The van der Waals surface area contributed by atoms with Gasteiger partial charge in [-0.3, -0.25) is 9.59 Å². The third-order valence-electron chi connectivity index (χ3n) is 4.33. The number of halogens is 3. The van der Waals surface area contributed by atoms with Crippen molar-refractivity contribution < 1.29 is 35.9 Å². The Bertz CT molecular complexity index is 839. The van der Waals surface area contributed by atoms with Gasteiger partial charge >= 0.3 is 6.18 Å². The van der Waals surface area contributed by atoms with Gasteiger partial charge in [-0.05, 0) is 37.5 Å². The zero-order valence-electron chi connectivity index (χ0n) is 15.4. The third kappa shape index (κ3) is 6.98. The van der Waals surface area contributed by atoms with Crippen LogP contribution in [0.5, 0.6) is 0 Å². The number of carbonyl (C=O) groups is 2. The van der Waals surface area contributed by atoms with Crippen LogP contribution in [0.15, 0.2) is 29.2 Å². The first-order valence-corrected chi connectivity index (χ1v) is 10.3. The van der Waals surface area contributed by atoms with Crippen molar-refractivity contribution in [3.8, 4) is 0 Å². The van der Waals surface area contributed by atoms with Gasteiger partial charge in [-0.2, -0.15) is 17.9 Å². The minimum atomic E-state index is -4.72. The van der Waals surface area contributed by atoms with E-state index < -0.39 is 44.5 Å². The molecule has 4 N–H and O–H groups in total. The monoisotopic (exact) mass is 437 g/mol. The number of carbonyl (C=O) groups excluding carboxylic acids is 2. The van der Waals surface area contributed by atoms with E-state index in [2.05, 4.69) is 10.0 Å². The van der Waals surface area contributed by atoms with E-state index in [4.69, 9.17) is 10.5 Å². The Morgan fingerprint density at radius 1 is 1.24 bits per heavy atom. The number of primary amides is 1. The van der Waals surface area contributed by atoms with Gasteiger partial charge in [0, 0.05) is 25.7 Å². The molecule has 12 heteroatoms. The van der Waals surface area contributed by atoms with Gasteiger partial charge in [-0.1, -0.05) is 6.07 Å². The summed E-state index contributed by atoms with van der Waals surface area (Å²) in [4.78, 5) is 23.0. The number of amides is 2. The van der Waals surface area contributed by atoms with Gasteiger partial charge < -0.3 is 15.8 Å². The molecule has 8 nitrogen and oxygen atoms in total. The summed E-state index contributed by atoms with van der Waals surface area (Å²) in [5, 5.41) is 2.67. The number of nitrogens with two attached hydrogens (primary N) is 1. The Morgan fingerprint density at radius 3 is 2.48 bits per heavy atom. The molecule has 0 bridgehead atoms. The summed E-state index contributed by atoms with van der Waals surface area (Å²) >= 11 is 0. The van der Waals surface area contributed by atoms with Gasteiger partial charge in [0.1, 0.15) is 6.04 Å². The number of sulfonamides is 1. The van der Waals surface area contributed by atoms with E-state index in [1.54, 1.807) is 0 Å². The van der Waals surface area contributed by atoms with Crippen LogP contribution in [0.4, 0.5) is 13.2 Å². The normalized spacial score (nSPS) is 16.9. The topological polar surface area (TPSA) is 128 Å². The van der Waals surface area contributed by atoms with E-state index >= 15 is 0 Å². The smallest absolute Gasteiger partial charge is 0.381 e. The average molecular weight is 437 g/mol. The van der Waals surface area contributed by atoms with E-state index in [1.807, 2.05) is 0 Å². The molecule has 2 rings (SSSR count). The predicted octanol–water partition coefficient (Wildman–Crippen LogP) is 0.913. The Morgan fingerprint density at radius 2 is 1.90 bits per heavy atom. The molecule has 1 aromatic rings. The lowest BCUT2D eigenvalue weighted by molar-refractivity contribution is -0.137. The van der Waals surface area contributed by atoms with Crippen molar-refractivity contribution in [2.45, 2.75) is 48.8 Å². The summed E-state index contributed by atoms with van der Waals surface area (Å²) in [5.74, 6) is -1.43. The quantitative estimate of drug-likeness (QED) is 0.557. The molecule has 162 valence electrons. The molecule has 1 heterocycles. The van der Waals surface area contributed by atoms with Crippen molar-refractivity contribution in [3.63, 3.8) is 0 Å². The molecule has 29 heavy (non-hydrogen) atoms. The summed E-state index contributed by atoms with van der Waals surface area (Å²) in [6, 6.07) is 1.55. The molecule has 0 radical (unpaired) electrons. The van der Waals surface area contributed by atoms with Crippen LogP contribution >= 0.6 is 0 Å². The molecule has 0 aromatic heterocycles. The van der Waals surface area contributed by atoms with Gasteiger partial charge in [0.25, 0.3) is 0 Å². The van der Waals surface area contributed by atoms with Crippen molar-refractivity contribution in [2.75, 3.05) is 13.2 Å². The fourth-order valence-electron chi connectivity index (χ4n) is 2.77. The molecule has 1 atom stereocenters. The van der Waals surface area contributed by atoms with Crippen molar-refractivity contribution >= 4 is 21.8 Å². The highest BCUT2D eigenvalue weighted by Gasteiger charge is 2.33. The molecule has 0 spiro atoms. The van der Waals surface area contributed by atoms with E-state index in [9.17, 15) is 31.2 Å². The number of benzene rings is 1. The van der Waals surface area contributed by atoms with Crippen LogP contribution in [0, 0.1) is 0 Å². The lowest BCUT2D eigenvalue weighted by Crippen LogP contribution is -2.50. The van der Waals surface area contributed by atoms with E-state index in [0.29, 0.717) is 32.1 Å². The van der Waals surface area contributed by atoms with Crippen LogP contribution in [0.3, 0.4) is 0 Å². The largest absolute Gasteiger partial charge is 0.416 e. The first-order valence-electron chi connectivity index (χ1n) is 8.85. The van der Waals surface area contributed by atoms with Crippen molar-refractivity contribution in [1.29, 1.82) is 0 Å². The van der Waals surface area contributed by atoms with E-state index in [-0.39, 0.29) is 18.9 Å². The molecule has 1 aliphatic heterocycles. The molecular formula is C17H22F3N3O5S. The average Bonchev–Trinajstić information content (AvgIpc) is 2.65. The van der Waals surface area contributed by atoms with Gasteiger partial charge in [0.15, 0.2) is 0 Å². The third-order valence-corrected chi connectivity index (χ3v) is 5.80. The van der Waals surface area contributed by atoms with Crippen LogP contribution in [-0.4, -0.2) is 45.5 Å². The number of alkyl halides is 3. The second kappa shape index (κ2) is 9.55. The molecule has 1 saturated heterocycles. The highest BCUT2D eigenvalue weighted by Crippen LogP contribution is 2.30. The molecule has 0 aliphatic carbocycles. The van der Waals surface area contributed by atoms with Gasteiger partial charge in [0.2, 0.25) is 21.8 Å². The lowest BCUT2D eigenvalue weighted by Gasteiger charge is -2.26. The van der Waals surface area contributed by atoms with E-state index in [1.165, 1.54) is 0 Å².